The van der Waals surface area contributed by atoms with Gasteiger partial charge in [0.1, 0.15) is 5.82 Å². The summed E-state index contributed by atoms with van der Waals surface area (Å²) in [7, 11) is -0.0651. The van der Waals surface area contributed by atoms with Gasteiger partial charge in [-0.25, -0.2) is 4.39 Å². The highest BCUT2D eigenvalue weighted by Gasteiger charge is 2.18. The smallest absolute Gasteiger partial charge is 0.309 e. The predicted octanol–water partition coefficient (Wildman–Crippen LogP) is 2.54. The van der Waals surface area contributed by atoms with Crippen LogP contribution in [0.1, 0.15) is 12.5 Å². The molecule has 0 N–H and O–H groups in total. The molecule has 0 aliphatic rings. The summed E-state index contributed by atoms with van der Waals surface area (Å²) in [5.74, 6) is -1.28. The van der Waals surface area contributed by atoms with E-state index in [1.807, 2.05) is 0 Å². The molecule has 18 heavy (non-hydrogen) atoms. The molecule has 6 heteroatoms. The van der Waals surface area contributed by atoms with Crippen LogP contribution in [0.3, 0.4) is 0 Å². The number of carbonyl (C=O) groups is 1. The fourth-order valence-electron chi connectivity index (χ4n) is 1.44. The van der Waals surface area contributed by atoms with Crippen LogP contribution in [0.25, 0.3) is 0 Å². The van der Waals surface area contributed by atoms with E-state index in [2.05, 4.69) is 4.74 Å². The Morgan fingerprint density at radius 3 is 2.83 bits per heavy atom. The lowest BCUT2D eigenvalue weighted by atomic mass is 10.2. The molecule has 0 saturated carbocycles. The van der Waals surface area contributed by atoms with Crippen molar-refractivity contribution in [2.45, 2.75) is 12.7 Å². The lowest BCUT2D eigenvalue weighted by molar-refractivity contribution is -0.144. The topological polar surface area (TPSA) is 43.4 Å². The maximum absolute atomic E-state index is 13.6. The molecule has 3 nitrogen and oxygen atoms in total. The van der Waals surface area contributed by atoms with Gasteiger partial charge >= 0.3 is 5.97 Å². The highest BCUT2D eigenvalue weighted by molar-refractivity contribution is 7.84. The van der Waals surface area contributed by atoms with Crippen molar-refractivity contribution >= 4 is 28.4 Å². The lowest BCUT2D eigenvalue weighted by Gasteiger charge is -2.09. The van der Waals surface area contributed by atoms with Crippen molar-refractivity contribution in [1.82, 2.24) is 0 Å². The summed E-state index contributed by atoms with van der Waals surface area (Å²) in [6.07, 6.45) is 0. The van der Waals surface area contributed by atoms with Crippen molar-refractivity contribution in [3.05, 3.63) is 34.6 Å². The molecule has 0 aliphatic carbocycles. The third-order valence-corrected chi connectivity index (χ3v) is 4.18. The van der Waals surface area contributed by atoms with Gasteiger partial charge in [-0.2, -0.15) is 0 Å². The van der Waals surface area contributed by atoms with Gasteiger partial charge in [0, 0.05) is 22.1 Å². The molecule has 2 unspecified atom stereocenters. The summed E-state index contributed by atoms with van der Waals surface area (Å²) in [4.78, 5) is 11.2. The molecule has 1 aromatic carbocycles. The van der Waals surface area contributed by atoms with Crippen molar-refractivity contribution in [3.63, 3.8) is 0 Å². The minimum Gasteiger partial charge on any atom is -0.469 e. The van der Waals surface area contributed by atoms with Crippen molar-refractivity contribution in [1.29, 1.82) is 0 Å². The van der Waals surface area contributed by atoms with Crippen LogP contribution >= 0.6 is 11.6 Å². The molecule has 100 valence electrons. The Labute approximate surface area is 113 Å². The van der Waals surface area contributed by atoms with E-state index in [4.69, 9.17) is 11.6 Å². The molecule has 1 aromatic rings. The van der Waals surface area contributed by atoms with E-state index in [-0.39, 0.29) is 22.1 Å². The van der Waals surface area contributed by atoms with E-state index in [9.17, 15) is 13.4 Å². The van der Waals surface area contributed by atoms with Gasteiger partial charge in [0.2, 0.25) is 0 Å². The Kier molecular flexibility index (Phi) is 5.75. The van der Waals surface area contributed by atoms with Crippen LogP contribution in [0.2, 0.25) is 5.02 Å². The first-order valence-electron chi connectivity index (χ1n) is 5.31. The Bertz CT molecular complexity index is 465. The van der Waals surface area contributed by atoms with Crippen LogP contribution in [0.4, 0.5) is 4.39 Å². The van der Waals surface area contributed by atoms with Crippen molar-refractivity contribution in [2.75, 3.05) is 12.9 Å². The molecule has 2 atom stereocenters. The van der Waals surface area contributed by atoms with Gasteiger partial charge in [0.25, 0.3) is 0 Å². The highest BCUT2D eigenvalue weighted by atomic mass is 35.5. The number of methoxy groups -OCH3 is 1. The minimum atomic E-state index is -1.34. The number of benzene rings is 1. The maximum Gasteiger partial charge on any atom is 0.309 e. The van der Waals surface area contributed by atoms with Gasteiger partial charge in [0.05, 0.1) is 23.8 Å². The molecule has 0 bridgehead atoms. The average Bonchev–Trinajstić information content (AvgIpc) is 2.33. The van der Waals surface area contributed by atoms with Crippen LogP contribution in [-0.4, -0.2) is 23.0 Å². The zero-order valence-corrected chi connectivity index (χ0v) is 11.7. The fourth-order valence-corrected chi connectivity index (χ4v) is 3.02. The van der Waals surface area contributed by atoms with Gasteiger partial charge in [-0.05, 0) is 6.07 Å². The Balaban J connectivity index is 2.65. The average molecular weight is 293 g/mol. The number of ether oxygens (including phenoxy) is 1. The van der Waals surface area contributed by atoms with E-state index in [1.54, 1.807) is 13.0 Å². The fraction of sp³-hybridized carbons (Fsp3) is 0.417. The van der Waals surface area contributed by atoms with Crippen LogP contribution < -0.4 is 0 Å². The summed E-state index contributed by atoms with van der Waals surface area (Å²) in [5.41, 5.74) is 0.290. The monoisotopic (exact) mass is 292 g/mol. The first-order chi connectivity index (χ1) is 8.45. The second kappa shape index (κ2) is 6.85. The summed E-state index contributed by atoms with van der Waals surface area (Å²) in [6.45, 7) is 1.62. The largest absolute Gasteiger partial charge is 0.469 e. The second-order valence-corrected chi connectivity index (χ2v) is 5.80. The number of hydrogen-bond donors (Lipinski definition) is 0. The number of hydrogen-bond acceptors (Lipinski definition) is 3. The van der Waals surface area contributed by atoms with Gasteiger partial charge in [-0.1, -0.05) is 30.7 Å². The van der Waals surface area contributed by atoms with Crippen LogP contribution in [0.5, 0.6) is 0 Å². The molecule has 0 spiro atoms. The molecule has 0 fully saturated rings. The molecule has 0 aliphatic heterocycles. The number of esters is 1. The molecule has 1 rings (SSSR count). The Morgan fingerprint density at radius 1 is 1.56 bits per heavy atom. The Morgan fingerprint density at radius 2 is 2.22 bits per heavy atom. The number of halogens is 2. The van der Waals surface area contributed by atoms with Crippen molar-refractivity contribution in [2.24, 2.45) is 5.92 Å². The van der Waals surface area contributed by atoms with Crippen LogP contribution in [0, 0.1) is 11.7 Å². The van der Waals surface area contributed by atoms with E-state index < -0.39 is 28.5 Å². The molecular formula is C12H14ClFO3S. The standard InChI is InChI=1S/C12H14ClFO3S/c1-8(12(15)17-2)6-18(16)7-9-4-3-5-10(13)11(9)14/h3-5,8H,6-7H2,1-2H3. The summed E-state index contributed by atoms with van der Waals surface area (Å²) < 4.78 is 29.9. The minimum absolute atomic E-state index is 0.00511. The van der Waals surface area contributed by atoms with Crippen LogP contribution in [0.15, 0.2) is 18.2 Å². The zero-order chi connectivity index (χ0) is 13.7. The molecule has 0 radical (unpaired) electrons. The van der Waals surface area contributed by atoms with Gasteiger partial charge in [-0.15, -0.1) is 0 Å². The zero-order valence-electron chi connectivity index (χ0n) is 10.1. The Hall–Kier alpha value is -0.940. The molecule has 0 saturated heterocycles. The van der Waals surface area contributed by atoms with E-state index in [1.165, 1.54) is 19.2 Å². The molecule has 0 heterocycles. The number of rotatable bonds is 5. The number of carbonyl (C=O) groups excluding carboxylic acids is 1. The predicted molar refractivity (Wildman–Crippen MR) is 69.3 cm³/mol. The summed E-state index contributed by atoms with van der Waals surface area (Å²) >= 11 is 5.63. The normalized spacial score (nSPS) is 14.0. The van der Waals surface area contributed by atoms with E-state index in [0.717, 1.165) is 0 Å². The summed E-state index contributed by atoms with van der Waals surface area (Å²) in [5, 5.41) is 0.00511. The first-order valence-corrected chi connectivity index (χ1v) is 7.18. The molecule has 0 amide bonds. The maximum atomic E-state index is 13.6. The SMILES string of the molecule is COC(=O)C(C)CS(=O)Cc1cccc(Cl)c1F. The van der Waals surface area contributed by atoms with Crippen molar-refractivity contribution in [3.8, 4) is 0 Å². The summed E-state index contributed by atoms with van der Waals surface area (Å²) in [6, 6.07) is 4.56. The molecule has 0 aromatic heterocycles. The lowest BCUT2D eigenvalue weighted by Crippen LogP contribution is -2.20. The molecular weight excluding hydrogens is 279 g/mol. The van der Waals surface area contributed by atoms with Crippen molar-refractivity contribution < 1.29 is 18.1 Å². The van der Waals surface area contributed by atoms with Gasteiger partial charge in [0.15, 0.2) is 0 Å². The highest BCUT2D eigenvalue weighted by Crippen LogP contribution is 2.19. The van der Waals surface area contributed by atoms with E-state index in [0.29, 0.717) is 0 Å². The van der Waals surface area contributed by atoms with Gasteiger partial charge < -0.3 is 4.74 Å². The van der Waals surface area contributed by atoms with Crippen LogP contribution in [-0.2, 0) is 26.1 Å². The second-order valence-electron chi connectivity index (χ2n) is 3.89. The van der Waals surface area contributed by atoms with Gasteiger partial charge in [-0.3, -0.25) is 9.00 Å². The third-order valence-electron chi connectivity index (χ3n) is 2.39. The first kappa shape index (κ1) is 15.1. The third kappa shape index (κ3) is 4.07. The quantitative estimate of drug-likeness (QED) is 0.783. The van der Waals surface area contributed by atoms with E-state index >= 15 is 0 Å².